The Morgan fingerprint density at radius 2 is 2.21 bits per heavy atom. The van der Waals surface area contributed by atoms with Gasteiger partial charge >= 0.3 is 6.09 Å². The second-order valence-corrected chi connectivity index (χ2v) is 5.67. The minimum Gasteiger partial charge on any atom is -0.445 e. The summed E-state index contributed by atoms with van der Waals surface area (Å²) in [5.74, 6) is 1.58. The van der Waals surface area contributed by atoms with Crippen LogP contribution in [-0.4, -0.2) is 24.5 Å². The maximum Gasteiger partial charge on any atom is 0.407 e. The molecule has 4 nitrogen and oxygen atoms in total. The fourth-order valence-corrected chi connectivity index (χ4v) is 2.90. The average molecular weight is 263 g/mol. The molecule has 3 rings (SSSR count). The number of ketones is 1. The van der Waals surface area contributed by atoms with Gasteiger partial charge in [-0.25, -0.2) is 4.79 Å². The molecule has 0 radical (unpaired) electrons. The van der Waals surface area contributed by atoms with Crippen molar-refractivity contribution in [1.82, 2.24) is 5.32 Å². The first-order valence-corrected chi connectivity index (χ1v) is 7.04. The van der Waals surface area contributed by atoms with E-state index in [1.54, 1.807) is 0 Å². The number of alkyl carbamates (subject to hydrolysis) is 1. The fraction of sp³-hybridized carbons (Fsp3) is 0.600. The lowest BCUT2D eigenvalue weighted by Gasteiger charge is -2.22. The van der Waals surface area contributed by atoms with E-state index in [1.807, 2.05) is 0 Å². The fourth-order valence-electron chi connectivity index (χ4n) is 2.90. The van der Waals surface area contributed by atoms with Crippen molar-refractivity contribution >= 4 is 11.9 Å². The number of rotatable bonds is 3. The monoisotopic (exact) mass is 263 g/mol. The van der Waals surface area contributed by atoms with Gasteiger partial charge in [0.05, 0.1) is 0 Å². The molecule has 0 spiro atoms. The Morgan fingerprint density at radius 1 is 1.42 bits per heavy atom. The number of hydrogen-bond donors (Lipinski definition) is 1. The highest BCUT2D eigenvalue weighted by atomic mass is 16.5. The lowest BCUT2D eigenvalue weighted by Crippen LogP contribution is -2.38. The Hall–Kier alpha value is -1.58. The van der Waals surface area contributed by atoms with Crippen molar-refractivity contribution in [3.05, 3.63) is 23.8 Å². The minimum atomic E-state index is -0.355. The number of carbonyl (C=O) groups is 2. The maximum absolute atomic E-state index is 11.7. The molecule has 2 saturated carbocycles. The van der Waals surface area contributed by atoms with E-state index in [2.05, 4.69) is 23.5 Å². The molecule has 0 bridgehead atoms. The zero-order valence-corrected chi connectivity index (χ0v) is 10.9. The summed E-state index contributed by atoms with van der Waals surface area (Å²) in [7, 11) is 0. The van der Waals surface area contributed by atoms with E-state index in [1.165, 1.54) is 12.0 Å². The molecule has 0 heterocycles. The van der Waals surface area contributed by atoms with Crippen LogP contribution in [-0.2, 0) is 9.53 Å². The Labute approximate surface area is 114 Å². The number of allylic oxidation sites excluding steroid dienone is 3. The molecule has 1 N–H and O–H groups in total. The zero-order valence-electron chi connectivity index (χ0n) is 10.9. The number of Topliss-reactive ketones (excluding diaryl/α,β-unsaturated/α-hetero) is 1. The molecule has 19 heavy (non-hydrogen) atoms. The van der Waals surface area contributed by atoms with Crippen molar-refractivity contribution in [2.45, 2.75) is 38.1 Å². The minimum absolute atomic E-state index is 0. The van der Waals surface area contributed by atoms with Gasteiger partial charge in [0.15, 0.2) is 0 Å². The Morgan fingerprint density at radius 3 is 3.00 bits per heavy atom. The summed E-state index contributed by atoms with van der Waals surface area (Å²) in [6.45, 7) is 0.392. The molecule has 2 fully saturated rings. The number of fused-ring (bicyclic) bond motifs is 1. The number of nitrogens with one attached hydrogen (secondary N) is 1. The summed E-state index contributed by atoms with van der Waals surface area (Å²) in [4.78, 5) is 22.8. The second kappa shape index (κ2) is 5.19. The van der Waals surface area contributed by atoms with Crippen LogP contribution in [0, 0.1) is 11.8 Å². The Kier molecular flexibility index (Phi) is 3.40. The van der Waals surface area contributed by atoms with Crippen LogP contribution in [0.3, 0.4) is 0 Å². The van der Waals surface area contributed by atoms with Gasteiger partial charge < -0.3 is 10.1 Å². The SMILES string of the molecule is O=C1CCC(NC(=O)OCC2=CC=CC3CC23)CC1.[HH]. The van der Waals surface area contributed by atoms with Crippen LogP contribution >= 0.6 is 0 Å². The molecule has 2 unspecified atom stereocenters. The van der Waals surface area contributed by atoms with Crippen molar-refractivity contribution in [1.29, 1.82) is 0 Å². The summed E-state index contributed by atoms with van der Waals surface area (Å²) in [5, 5.41) is 2.85. The van der Waals surface area contributed by atoms with Crippen LogP contribution in [0.15, 0.2) is 23.8 Å². The van der Waals surface area contributed by atoms with E-state index < -0.39 is 0 Å². The van der Waals surface area contributed by atoms with Crippen LogP contribution in [0.4, 0.5) is 4.79 Å². The van der Waals surface area contributed by atoms with Crippen LogP contribution in [0.2, 0.25) is 0 Å². The summed E-state index contributed by atoms with van der Waals surface area (Å²) in [6.07, 6.45) is 9.79. The third kappa shape index (κ3) is 3.06. The van der Waals surface area contributed by atoms with Crippen molar-refractivity contribution in [3.63, 3.8) is 0 Å². The summed E-state index contributed by atoms with van der Waals surface area (Å²) in [6, 6.07) is 0.0964. The molecular weight excluding hydrogens is 242 g/mol. The molecule has 0 aromatic carbocycles. The summed E-state index contributed by atoms with van der Waals surface area (Å²) in [5.41, 5.74) is 1.22. The van der Waals surface area contributed by atoms with Gasteiger partial charge in [-0.2, -0.15) is 0 Å². The van der Waals surface area contributed by atoms with E-state index in [4.69, 9.17) is 4.74 Å². The van der Waals surface area contributed by atoms with E-state index in [0.717, 1.165) is 12.8 Å². The molecule has 0 aromatic heterocycles. The predicted octanol–water partition coefficient (Wildman–Crippen LogP) is 2.60. The second-order valence-electron chi connectivity index (χ2n) is 5.67. The number of carbonyl (C=O) groups excluding carboxylic acids is 2. The van der Waals surface area contributed by atoms with Crippen molar-refractivity contribution in [3.8, 4) is 0 Å². The molecule has 104 valence electrons. The van der Waals surface area contributed by atoms with Gasteiger partial charge in [-0.3, -0.25) is 4.79 Å². The predicted molar refractivity (Wildman–Crippen MR) is 72.7 cm³/mol. The van der Waals surface area contributed by atoms with Crippen molar-refractivity contribution in [2.75, 3.05) is 6.61 Å². The van der Waals surface area contributed by atoms with Crippen LogP contribution in [0.1, 0.15) is 33.5 Å². The highest BCUT2D eigenvalue weighted by Crippen LogP contribution is 2.47. The van der Waals surface area contributed by atoms with E-state index >= 15 is 0 Å². The van der Waals surface area contributed by atoms with Gasteiger partial charge in [0, 0.05) is 20.3 Å². The molecule has 3 aliphatic carbocycles. The van der Waals surface area contributed by atoms with Gasteiger partial charge in [-0.1, -0.05) is 18.2 Å². The first kappa shape index (κ1) is 12.5. The molecule has 3 aliphatic rings. The molecule has 2 atom stereocenters. The maximum atomic E-state index is 11.7. The Balaban J connectivity index is 0.00000147. The van der Waals surface area contributed by atoms with E-state index in [-0.39, 0.29) is 13.6 Å². The highest BCUT2D eigenvalue weighted by Gasteiger charge is 2.39. The summed E-state index contributed by atoms with van der Waals surface area (Å²) < 4.78 is 5.27. The first-order chi connectivity index (χ1) is 9.22. The molecule has 4 heteroatoms. The van der Waals surface area contributed by atoms with Crippen molar-refractivity contribution < 1.29 is 15.8 Å². The van der Waals surface area contributed by atoms with E-state index in [0.29, 0.717) is 37.1 Å². The quantitative estimate of drug-likeness (QED) is 0.851. The largest absolute Gasteiger partial charge is 0.445 e. The van der Waals surface area contributed by atoms with Gasteiger partial charge in [0.1, 0.15) is 12.4 Å². The normalized spacial score (nSPS) is 29.5. The lowest BCUT2D eigenvalue weighted by molar-refractivity contribution is -0.120. The molecule has 0 saturated heterocycles. The van der Waals surface area contributed by atoms with Crippen molar-refractivity contribution in [2.24, 2.45) is 11.8 Å². The number of ether oxygens (including phenoxy) is 1. The molecule has 1 amide bonds. The first-order valence-electron chi connectivity index (χ1n) is 7.04. The molecule has 0 aromatic rings. The van der Waals surface area contributed by atoms with Crippen LogP contribution in [0.5, 0.6) is 0 Å². The summed E-state index contributed by atoms with van der Waals surface area (Å²) >= 11 is 0. The molecule has 0 aliphatic heterocycles. The Bertz CT molecular complexity index is 448. The third-order valence-electron chi connectivity index (χ3n) is 4.22. The van der Waals surface area contributed by atoms with Crippen LogP contribution in [0.25, 0.3) is 0 Å². The number of amides is 1. The topological polar surface area (TPSA) is 55.4 Å². The van der Waals surface area contributed by atoms with Gasteiger partial charge in [-0.15, -0.1) is 0 Å². The van der Waals surface area contributed by atoms with Gasteiger partial charge in [-0.05, 0) is 36.7 Å². The van der Waals surface area contributed by atoms with E-state index in [9.17, 15) is 9.59 Å². The third-order valence-corrected chi connectivity index (χ3v) is 4.22. The van der Waals surface area contributed by atoms with Crippen LogP contribution < -0.4 is 5.32 Å². The average Bonchev–Trinajstić information content (AvgIpc) is 3.19. The molecular formula is C15H21NO3. The smallest absolute Gasteiger partial charge is 0.407 e. The number of hydrogen-bond acceptors (Lipinski definition) is 3. The lowest BCUT2D eigenvalue weighted by atomic mass is 9.95. The highest BCUT2D eigenvalue weighted by molar-refractivity contribution is 5.79. The standard InChI is InChI=1S/C15H19NO3.H2/c17-13-6-4-12(5-7-13)16-15(18)19-9-11-3-1-2-10-8-14(10)11;/h1-3,10,12,14H,4-9H2,(H,16,18);1H. The van der Waals surface area contributed by atoms with Gasteiger partial charge in [0.25, 0.3) is 0 Å². The van der Waals surface area contributed by atoms with Gasteiger partial charge in [0.2, 0.25) is 0 Å². The zero-order chi connectivity index (χ0) is 13.2.